The van der Waals surface area contributed by atoms with Crippen molar-refractivity contribution in [3.8, 4) is 0 Å². The lowest BCUT2D eigenvalue weighted by atomic mass is 10.1. The molecular weight excluding hydrogens is 218 g/mol. The Morgan fingerprint density at radius 3 is 3.29 bits per heavy atom. The van der Waals surface area contributed by atoms with Crippen LogP contribution in [0.5, 0.6) is 0 Å². The van der Waals surface area contributed by atoms with Crippen LogP contribution in [0.25, 0.3) is 0 Å². The summed E-state index contributed by atoms with van der Waals surface area (Å²) < 4.78 is 5.24. The van der Waals surface area contributed by atoms with Crippen molar-refractivity contribution in [2.24, 2.45) is 0 Å². The quantitative estimate of drug-likeness (QED) is 0.595. The van der Waals surface area contributed by atoms with Crippen molar-refractivity contribution < 1.29 is 9.53 Å². The first-order chi connectivity index (χ1) is 8.31. The van der Waals surface area contributed by atoms with Crippen LogP contribution in [0.1, 0.15) is 37.6 Å². The average Bonchev–Trinajstić information content (AvgIpc) is 2.81. The first-order valence-electron chi connectivity index (χ1n) is 6.22. The second kappa shape index (κ2) is 5.82. The van der Waals surface area contributed by atoms with Gasteiger partial charge in [0, 0.05) is 13.0 Å². The Kier molecular flexibility index (Phi) is 4.14. The Labute approximate surface area is 101 Å². The van der Waals surface area contributed by atoms with E-state index in [4.69, 9.17) is 4.74 Å². The van der Waals surface area contributed by atoms with E-state index in [9.17, 15) is 4.79 Å². The average molecular weight is 237 g/mol. The van der Waals surface area contributed by atoms with E-state index in [2.05, 4.69) is 22.2 Å². The number of aromatic nitrogens is 2. The van der Waals surface area contributed by atoms with Crippen LogP contribution in [-0.4, -0.2) is 28.6 Å². The van der Waals surface area contributed by atoms with Gasteiger partial charge in [-0.05, 0) is 6.42 Å². The number of fused-ring (bicyclic) bond motifs is 1. The number of nitrogens with one attached hydrogen (secondary N) is 2. The summed E-state index contributed by atoms with van der Waals surface area (Å²) in [6, 6.07) is -0.243. The summed E-state index contributed by atoms with van der Waals surface area (Å²) in [4.78, 5) is 19.0. The minimum absolute atomic E-state index is 0.158. The van der Waals surface area contributed by atoms with Crippen LogP contribution in [0.4, 0.5) is 0 Å². The molecule has 2 heterocycles. The molecule has 0 spiro atoms. The molecule has 0 bridgehead atoms. The van der Waals surface area contributed by atoms with E-state index >= 15 is 0 Å². The maximum atomic E-state index is 11.8. The third-order valence-corrected chi connectivity index (χ3v) is 3.01. The largest absolute Gasteiger partial charge is 0.465 e. The number of hydrogen-bond acceptors (Lipinski definition) is 4. The molecule has 0 aromatic carbocycles. The van der Waals surface area contributed by atoms with Crippen molar-refractivity contribution in [3.05, 3.63) is 17.7 Å². The van der Waals surface area contributed by atoms with Gasteiger partial charge in [-0.25, -0.2) is 4.98 Å². The minimum Gasteiger partial charge on any atom is -0.465 e. The maximum absolute atomic E-state index is 11.8. The minimum atomic E-state index is -0.243. The fourth-order valence-electron chi connectivity index (χ4n) is 1.96. The highest BCUT2D eigenvalue weighted by Crippen LogP contribution is 2.13. The molecule has 5 nitrogen and oxygen atoms in total. The number of rotatable bonds is 5. The summed E-state index contributed by atoms with van der Waals surface area (Å²) in [5.74, 6) is -0.158. The van der Waals surface area contributed by atoms with Crippen molar-refractivity contribution in [2.45, 2.75) is 45.2 Å². The topological polar surface area (TPSA) is 67.0 Å². The number of carbonyl (C=O) groups excluding carboxylic acids is 1. The molecule has 1 aromatic rings. The third-order valence-electron chi connectivity index (χ3n) is 3.01. The first kappa shape index (κ1) is 12.1. The van der Waals surface area contributed by atoms with E-state index in [-0.39, 0.29) is 12.0 Å². The Hall–Kier alpha value is -1.36. The van der Waals surface area contributed by atoms with E-state index in [1.165, 1.54) is 0 Å². The molecule has 17 heavy (non-hydrogen) atoms. The normalized spacial score (nSPS) is 18.8. The zero-order valence-corrected chi connectivity index (χ0v) is 10.2. The number of unbranched alkanes of at least 4 members (excludes halogenated alkanes) is 2. The molecule has 1 aromatic heterocycles. The lowest BCUT2D eigenvalue weighted by Gasteiger charge is -2.21. The second-order valence-electron chi connectivity index (χ2n) is 4.34. The molecule has 0 radical (unpaired) electrons. The number of hydrogen-bond donors (Lipinski definition) is 2. The summed E-state index contributed by atoms with van der Waals surface area (Å²) in [5.41, 5.74) is 2.04. The van der Waals surface area contributed by atoms with Crippen molar-refractivity contribution in [3.63, 3.8) is 0 Å². The van der Waals surface area contributed by atoms with E-state index in [1.54, 1.807) is 6.33 Å². The smallest absolute Gasteiger partial charge is 0.323 e. The van der Waals surface area contributed by atoms with Gasteiger partial charge in [0.25, 0.3) is 0 Å². The van der Waals surface area contributed by atoms with Gasteiger partial charge < -0.3 is 9.72 Å². The van der Waals surface area contributed by atoms with Crippen molar-refractivity contribution in [1.29, 1.82) is 0 Å². The maximum Gasteiger partial charge on any atom is 0.323 e. The fraction of sp³-hybridized carbons (Fsp3) is 0.667. The number of H-pyrrole nitrogens is 1. The van der Waals surface area contributed by atoms with Crippen LogP contribution in [-0.2, 0) is 22.5 Å². The van der Waals surface area contributed by atoms with Crippen LogP contribution >= 0.6 is 0 Å². The molecular formula is C12H19N3O2. The molecule has 0 saturated heterocycles. The standard InChI is InChI=1S/C12H19N3O2/c1-2-3-4-5-17-12(16)10-6-9-11(7-13-10)15-8-14-9/h8,10,13H,2-7H2,1H3,(H,14,15). The van der Waals surface area contributed by atoms with Gasteiger partial charge in [-0.1, -0.05) is 19.8 Å². The summed E-state index contributed by atoms with van der Waals surface area (Å²) in [7, 11) is 0. The molecule has 2 N–H and O–H groups in total. The number of esters is 1. The lowest BCUT2D eigenvalue weighted by Crippen LogP contribution is -2.42. The molecule has 0 fully saturated rings. The lowest BCUT2D eigenvalue weighted by molar-refractivity contribution is -0.146. The number of nitrogens with zero attached hydrogens (tertiary/aromatic N) is 1. The molecule has 1 aliphatic rings. The molecule has 1 unspecified atom stereocenters. The highest BCUT2D eigenvalue weighted by molar-refractivity contribution is 5.76. The molecule has 2 rings (SSSR count). The summed E-state index contributed by atoms with van der Waals surface area (Å²) in [6.45, 7) is 3.31. The first-order valence-corrected chi connectivity index (χ1v) is 6.22. The number of imidazole rings is 1. The van der Waals surface area contributed by atoms with E-state index in [1.807, 2.05) is 0 Å². The third kappa shape index (κ3) is 3.06. The number of aromatic amines is 1. The fourth-order valence-corrected chi connectivity index (χ4v) is 1.96. The van der Waals surface area contributed by atoms with Gasteiger partial charge >= 0.3 is 5.97 Å². The highest BCUT2D eigenvalue weighted by atomic mass is 16.5. The van der Waals surface area contributed by atoms with Gasteiger partial charge in [0.2, 0.25) is 0 Å². The monoisotopic (exact) mass is 237 g/mol. The molecule has 94 valence electrons. The highest BCUT2D eigenvalue weighted by Gasteiger charge is 2.26. The summed E-state index contributed by atoms with van der Waals surface area (Å²) >= 11 is 0. The van der Waals surface area contributed by atoms with Gasteiger partial charge in [-0.3, -0.25) is 10.1 Å². The van der Waals surface area contributed by atoms with Gasteiger partial charge in [-0.2, -0.15) is 0 Å². The van der Waals surface area contributed by atoms with Crippen LogP contribution < -0.4 is 5.32 Å². The Morgan fingerprint density at radius 2 is 2.47 bits per heavy atom. The summed E-state index contributed by atoms with van der Waals surface area (Å²) in [6.07, 6.45) is 5.47. The number of ether oxygens (including phenoxy) is 1. The van der Waals surface area contributed by atoms with Gasteiger partial charge in [-0.15, -0.1) is 0 Å². The Bertz CT molecular complexity index is 376. The number of carbonyl (C=O) groups is 1. The SMILES string of the molecule is CCCCCOC(=O)C1Cc2nc[nH]c2CN1. The van der Waals surface area contributed by atoms with Crippen molar-refractivity contribution in [2.75, 3.05) is 6.61 Å². The Balaban J connectivity index is 1.78. The van der Waals surface area contributed by atoms with Crippen LogP contribution in [0, 0.1) is 0 Å². The predicted molar refractivity (Wildman–Crippen MR) is 63.4 cm³/mol. The molecule has 0 saturated carbocycles. The summed E-state index contributed by atoms with van der Waals surface area (Å²) in [5, 5.41) is 3.16. The zero-order valence-electron chi connectivity index (χ0n) is 10.2. The zero-order chi connectivity index (χ0) is 12.1. The van der Waals surface area contributed by atoms with E-state index in [0.717, 1.165) is 30.7 Å². The molecule has 0 aliphatic carbocycles. The molecule has 1 aliphatic heterocycles. The Morgan fingerprint density at radius 1 is 1.59 bits per heavy atom. The van der Waals surface area contributed by atoms with Crippen LogP contribution in [0.2, 0.25) is 0 Å². The van der Waals surface area contributed by atoms with Crippen molar-refractivity contribution >= 4 is 5.97 Å². The molecule has 1 atom stereocenters. The molecule has 0 amide bonds. The van der Waals surface area contributed by atoms with E-state index in [0.29, 0.717) is 19.6 Å². The second-order valence-corrected chi connectivity index (χ2v) is 4.34. The van der Waals surface area contributed by atoms with Crippen LogP contribution in [0.3, 0.4) is 0 Å². The van der Waals surface area contributed by atoms with Crippen LogP contribution in [0.15, 0.2) is 6.33 Å². The van der Waals surface area contributed by atoms with E-state index < -0.39 is 0 Å². The molecule has 5 heteroatoms. The van der Waals surface area contributed by atoms with Gasteiger partial charge in [0.15, 0.2) is 0 Å². The predicted octanol–water partition coefficient (Wildman–Crippen LogP) is 1.16. The van der Waals surface area contributed by atoms with Crippen molar-refractivity contribution in [1.82, 2.24) is 15.3 Å². The van der Waals surface area contributed by atoms with Gasteiger partial charge in [0.05, 0.1) is 24.3 Å². The van der Waals surface area contributed by atoms with Gasteiger partial charge in [0.1, 0.15) is 6.04 Å².